The van der Waals surface area contributed by atoms with Gasteiger partial charge in [0.1, 0.15) is 11.7 Å². The van der Waals surface area contributed by atoms with Gasteiger partial charge >= 0.3 is 0 Å². The molecule has 2 N–H and O–H groups in total. The van der Waals surface area contributed by atoms with E-state index in [1.54, 1.807) is 0 Å². The van der Waals surface area contributed by atoms with Crippen LogP contribution in [0.2, 0.25) is 5.02 Å². The maximum Gasteiger partial charge on any atom is 0.262 e. The second kappa shape index (κ2) is 9.77. The molecule has 1 aromatic rings. The standard InChI is InChI=1S/C19H24ClF2N5.2ClH/c20-14-3-1-13(2-4-14)9-16-11-19(21,22)12-27(16)15-5-7-26(8-6-15)18-10-17(23)24-25-18;;/h1-4,15-16H,5-12H2,(H2,23,24);2*1H/t16-;;/m0../s1. The number of halogens is 5. The maximum atomic E-state index is 14.2. The Morgan fingerprint density at radius 2 is 1.76 bits per heavy atom. The Morgan fingerprint density at radius 1 is 1.10 bits per heavy atom. The van der Waals surface area contributed by atoms with Crippen molar-refractivity contribution < 1.29 is 8.78 Å². The SMILES string of the molecule is Cl.Cl.NC1=NN=C(N2CCC(N3CC(F)(F)C[C@@H]3Cc3ccc(Cl)cc3)CC2)C1. The van der Waals surface area contributed by atoms with Gasteiger partial charge in [-0.3, -0.25) is 4.90 Å². The van der Waals surface area contributed by atoms with Crippen LogP contribution < -0.4 is 5.73 Å². The first-order valence-electron chi connectivity index (χ1n) is 9.41. The van der Waals surface area contributed by atoms with Gasteiger partial charge < -0.3 is 10.6 Å². The number of rotatable bonds is 3. The van der Waals surface area contributed by atoms with E-state index in [0.29, 0.717) is 23.7 Å². The Labute approximate surface area is 187 Å². The molecule has 162 valence electrons. The van der Waals surface area contributed by atoms with Gasteiger partial charge in [0, 0.05) is 36.6 Å². The summed E-state index contributed by atoms with van der Waals surface area (Å²) in [6, 6.07) is 7.55. The van der Waals surface area contributed by atoms with Crippen LogP contribution in [0, 0.1) is 0 Å². The van der Waals surface area contributed by atoms with Crippen molar-refractivity contribution in [2.75, 3.05) is 19.6 Å². The van der Waals surface area contributed by atoms with Crippen LogP contribution in [0.25, 0.3) is 0 Å². The first-order chi connectivity index (χ1) is 12.9. The normalized spacial score (nSPS) is 24.5. The molecule has 2 fully saturated rings. The highest BCUT2D eigenvalue weighted by molar-refractivity contribution is 6.30. The van der Waals surface area contributed by atoms with Gasteiger partial charge in [0.15, 0.2) is 0 Å². The minimum absolute atomic E-state index is 0. The van der Waals surface area contributed by atoms with Gasteiger partial charge in [-0.2, -0.15) is 0 Å². The molecule has 5 nitrogen and oxygen atoms in total. The number of nitrogens with zero attached hydrogens (tertiary/aromatic N) is 4. The van der Waals surface area contributed by atoms with Crippen LogP contribution in [0.4, 0.5) is 8.78 Å². The summed E-state index contributed by atoms with van der Waals surface area (Å²) >= 11 is 5.94. The second-order valence-electron chi connectivity index (χ2n) is 7.72. The zero-order chi connectivity index (χ0) is 19.0. The van der Waals surface area contributed by atoms with E-state index in [1.165, 1.54) is 0 Å². The van der Waals surface area contributed by atoms with E-state index in [4.69, 9.17) is 17.3 Å². The van der Waals surface area contributed by atoms with Crippen LogP contribution in [-0.2, 0) is 6.42 Å². The molecule has 0 aromatic heterocycles. The number of hydrogen-bond acceptors (Lipinski definition) is 5. The van der Waals surface area contributed by atoms with Crippen molar-refractivity contribution in [1.82, 2.24) is 9.80 Å². The summed E-state index contributed by atoms with van der Waals surface area (Å²) in [7, 11) is 0. The number of nitrogens with two attached hydrogens (primary N) is 1. The number of likely N-dealkylation sites (tertiary alicyclic amines) is 2. The van der Waals surface area contributed by atoms with Crippen LogP contribution in [-0.4, -0.2) is 59.1 Å². The third-order valence-electron chi connectivity index (χ3n) is 5.73. The quantitative estimate of drug-likeness (QED) is 0.730. The third kappa shape index (κ3) is 5.72. The lowest BCUT2D eigenvalue weighted by molar-refractivity contribution is 0.00451. The van der Waals surface area contributed by atoms with Crippen LogP contribution >= 0.6 is 36.4 Å². The van der Waals surface area contributed by atoms with Crippen molar-refractivity contribution in [2.45, 2.75) is 50.1 Å². The molecule has 1 atom stereocenters. The monoisotopic (exact) mass is 467 g/mol. The van der Waals surface area contributed by atoms with Crippen molar-refractivity contribution in [3.63, 3.8) is 0 Å². The van der Waals surface area contributed by atoms with Crippen molar-refractivity contribution >= 4 is 48.1 Å². The fourth-order valence-corrected chi connectivity index (χ4v) is 4.54. The number of hydrogen-bond donors (Lipinski definition) is 1. The van der Waals surface area contributed by atoms with Gasteiger partial charge in [-0.05, 0) is 37.0 Å². The van der Waals surface area contributed by atoms with Crippen molar-refractivity contribution in [2.24, 2.45) is 15.9 Å². The third-order valence-corrected chi connectivity index (χ3v) is 5.99. The Balaban J connectivity index is 0.00000150. The summed E-state index contributed by atoms with van der Waals surface area (Å²) in [5.74, 6) is -1.18. The second-order valence-corrected chi connectivity index (χ2v) is 8.16. The highest BCUT2D eigenvalue weighted by atomic mass is 35.5. The summed E-state index contributed by atoms with van der Waals surface area (Å²) < 4.78 is 28.4. The van der Waals surface area contributed by atoms with Crippen LogP contribution in [0.3, 0.4) is 0 Å². The molecule has 1 aromatic carbocycles. The molecule has 0 aliphatic carbocycles. The van der Waals surface area contributed by atoms with Gasteiger partial charge in [-0.1, -0.05) is 23.7 Å². The van der Waals surface area contributed by atoms with Crippen LogP contribution in [0.5, 0.6) is 0 Å². The summed E-state index contributed by atoms with van der Waals surface area (Å²) in [4.78, 5) is 4.22. The van der Waals surface area contributed by atoms with Crippen molar-refractivity contribution in [3.05, 3.63) is 34.9 Å². The molecule has 0 unspecified atom stereocenters. The number of piperidine rings is 1. The fourth-order valence-electron chi connectivity index (χ4n) is 4.42. The molecular weight excluding hydrogens is 443 g/mol. The first kappa shape index (κ1) is 24.1. The summed E-state index contributed by atoms with van der Waals surface area (Å²) in [6.07, 6.45) is 2.85. The van der Waals surface area contributed by atoms with E-state index in [0.717, 1.165) is 37.3 Å². The highest BCUT2D eigenvalue weighted by Crippen LogP contribution is 2.37. The first-order valence-corrected chi connectivity index (χ1v) is 9.79. The molecule has 4 rings (SSSR count). The molecule has 3 heterocycles. The zero-order valence-electron chi connectivity index (χ0n) is 15.9. The summed E-state index contributed by atoms with van der Waals surface area (Å²) in [5.41, 5.74) is 6.75. The van der Waals surface area contributed by atoms with Gasteiger partial charge in [0.2, 0.25) is 0 Å². The number of benzene rings is 1. The average Bonchev–Trinajstić information content (AvgIpc) is 3.20. The van der Waals surface area contributed by atoms with E-state index in [1.807, 2.05) is 29.2 Å². The molecular formula is C19H26Cl3F2N5. The summed E-state index contributed by atoms with van der Waals surface area (Å²) in [5, 5.41) is 8.69. The van der Waals surface area contributed by atoms with Gasteiger partial charge in [0.05, 0.1) is 13.0 Å². The Morgan fingerprint density at radius 3 is 2.34 bits per heavy atom. The highest BCUT2D eigenvalue weighted by Gasteiger charge is 2.47. The van der Waals surface area contributed by atoms with Gasteiger partial charge in [0.25, 0.3) is 5.92 Å². The predicted octanol–water partition coefficient (Wildman–Crippen LogP) is 3.97. The summed E-state index contributed by atoms with van der Waals surface area (Å²) in [6.45, 7) is 1.47. The van der Waals surface area contributed by atoms with Crippen LogP contribution in [0.1, 0.15) is 31.2 Å². The number of alkyl halides is 2. The van der Waals surface area contributed by atoms with E-state index < -0.39 is 5.92 Å². The lowest BCUT2D eigenvalue weighted by atomic mass is 9.98. The number of amidine groups is 2. The van der Waals surface area contributed by atoms with Gasteiger partial charge in [-0.25, -0.2) is 8.78 Å². The van der Waals surface area contributed by atoms with Crippen molar-refractivity contribution in [1.29, 1.82) is 0 Å². The molecule has 3 aliphatic rings. The Bertz CT molecular complexity index is 749. The van der Waals surface area contributed by atoms with E-state index in [-0.39, 0.29) is 49.9 Å². The molecule has 0 saturated carbocycles. The lowest BCUT2D eigenvalue weighted by Crippen LogP contribution is -2.49. The van der Waals surface area contributed by atoms with Crippen molar-refractivity contribution in [3.8, 4) is 0 Å². The molecule has 0 spiro atoms. The maximum absolute atomic E-state index is 14.2. The minimum atomic E-state index is -2.62. The van der Waals surface area contributed by atoms with E-state index in [9.17, 15) is 8.78 Å². The largest absolute Gasteiger partial charge is 0.385 e. The molecule has 3 aliphatic heterocycles. The van der Waals surface area contributed by atoms with Gasteiger partial charge in [-0.15, -0.1) is 35.0 Å². The van der Waals surface area contributed by atoms with E-state index in [2.05, 4.69) is 15.1 Å². The molecule has 0 bridgehead atoms. The zero-order valence-corrected chi connectivity index (χ0v) is 18.3. The molecule has 0 radical (unpaired) electrons. The average molecular weight is 469 g/mol. The Hall–Kier alpha value is -1.15. The van der Waals surface area contributed by atoms with E-state index >= 15 is 0 Å². The molecule has 10 heteroatoms. The Kier molecular flexibility index (Phi) is 8.13. The molecule has 29 heavy (non-hydrogen) atoms. The molecule has 0 amide bonds. The lowest BCUT2D eigenvalue weighted by Gasteiger charge is -2.39. The minimum Gasteiger partial charge on any atom is -0.385 e. The smallest absolute Gasteiger partial charge is 0.262 e. The topological polar surface area (TPSA) is 57.2 Å². The van der Waals surface area contributed by atoms with Crippen LogP contribution in [0.15, 0.2) is 34.5 Å². The fraction of sp³-hybridized carbons (Fsp3) is 0.579. The predicted molar refractivity (Wildman–Crippen MR) is 118 cm³/mol. The molecule has 2 saturated heterocycles.